The summed E-state index contributed by atoms with van der Waals surface area (Å²) in [6.45, 7) is 8.06. The van der Waals surface area contributed by atoms with Crippen LogP contribution in [-0.2, 0) is 12.6 Å². The second-order valence-electron chi connectivity index (χ2n) is 9.55. The molecule has 3 N–H and O–H groups in total. The molecule has 0 unspecified atom stereocenters. The third-order valence-corrected chi connectivity index (χ3v) is 6.38. The van der Waals surface area contributed by atoms with E-state index in [9.17, 15) is 14.0 Å². The highest BCUT2D eigenvalue weighted by Gasteiger charge is 2.20. The van der Waals surface area contributed by atoms with E-state index in [0.717, 1.165) is 11.8 Å². The first-order chi connectivity index (χ1) is 16.9. The normalized spacial score (nSPS) is 11.6. The molecule has 0 aliphatic rings. The SMILES string of the molecule is CNc1cc2c(cn1)cc(-c1cc(NC(=O)Nc3ccn(C(C)(C)C)c3C)c(F)cc1Cl)c(=O)n2C. The number of benzene rings is 1. The van der Waals surface area contributed by atoms with Gasteiger partial charge in [-0.05, 0) is 52.0 Å². The van der Waals surface area contributed by atoms with Crippen molar-refractivity contribution in [1.29, 1.82) is 0 Å². The molecular weight excluding hydrogens is 483 g/mol. The Balaban J connectivity index is 1.69. The van der Waals surface area contributed by atoms with Crippen LogP contribution in [0, 0.1) is 12.7 Å². The highest BCUT2D eigenvalue weighted by Crippen LogP contribution is 2.33. The lowest BCUT2D eigenvalue weighted by Gasteiger charge is -2.23. The number of carbonyl (C=O) groups is 1. The van der Waals surface area contributed by atoms with Crippen LogP contribution < -0.4 is 21.5 Å². The third-order valence-electron chi connectivity index (χ3n) is 6.07. The molecule has 3 heterocycles. The van der Waals surface area contributed by atoms with Gasteiger partial charge in [0.25, 0.3) is 5.56 Å². The first-order valence-electron chi connectivity index (χ1n) is 11.3. The summed E-state index contributed by atoms with van der Waals surface area (Å²) in [5.74, 6) is -0.100. The summed E-state index contributed by atoms with van der Waals surface area (Å²) in [6.07, 6.45) is 3.52. The summed E-state index contributed by atoms with van der Waals surface area (Å²) in [5, 5.41) is 8.99. The van der Waals surface area contributed by atoms with Gasteiger partial charge in [0, 0.05) is 60.3 Å². The largest absolute Gasteiger partial charge is 0.373 e. The van der Waals surface area contributed by atoms with Crippen molar-refractivity contribution in [3.63, 3.8) is 0 Å². The number of pyridine rings is 2. The second kappa shape index (κ2) is 9.31. The summed E-state index contributed by atoms with van der Waals surface area (Å²) in [7, 11) is 3.38. The molecule has 8 nitrogen and oxygen atoms in total. The molecule has 36 heavy (non-hydrogen) atoms. The number of halogens is 2. The minimum atomic E-state index is -0.721. The standard InChI is InChI=1S/C26H28ClFN6O2/c1-14-20(7-8-34(14)26(2,3)4)31-25(36)32-21-10-16(18(27)11-19(21)28)17-9-15-13-30-23(29-5)12-22(15)33(6)24(17)35/h7-13H,1-6H3,(H,29,30)(H2,31,32,36). The molecule has 0 atom stereocenters. The molecule has 4 rings (SSSR count). The fraction of sp³-hybridized carbons (Fsp3) is 0.269. The van der Waals surface area contributed by atoms with Crippen LogP contribution in [0.3, 0.4) is 0 Å². The number of carbonyl (C=O) groups excluding carboxylic acids is 1. The fourth-order valence-corrected chi connectivity index (χ4v) is 4.44. The zero-order valence-corrected chi connectivity index (χ0v) is 21.7. The first kappa shape index (κ1) is 25.2. The Morgan fingerprint density at radius 1 is 1.08 bits per heavy atom. The van der Waals surface area contributed by atoms with Gasteiger partial charge >= 0.3 is 6.03 Å². The molecular formula is C26H28ClFN6O2. The molecule has 0 radical (unpaired) electrons. The van der Waals surface area contributed by atoms with Crippen molar-refractivity contribution in [2.75, 3.05) is 23.0 Å². The number of urea groups is 1. The number of hydrogen-bond acceptors (Lipinski definition) is 4. The molecule has 1 aromatic carbocycles. The monoisotopic (exact) mass is 510 g/mol. The Kier molecular flexibility index (Phi) is 6.53. The van der Waals surface area contributed by atoms with E-state index in [4.69, 9.17) is 11.6 Å². The maximum atomic E-state index is 14.8. The van der Waals surface area contributed by atoms with Gasteiger partial charge in [0.05, 0.1) is 21.9 Å². The lowest BCUT2D eigenvalue weighted by atomic mass is 10.0. The van der Waals surface area contributed by atoms with E-state index in [-0.39, 0.29) is 27.4 Å². The summed E-state index contributed by atoms with van der Waals surface area (Å²) < 4.78 is 18.3. The smallest absolute Gasteiger partial charge is 0.323 e. The zero-order valence-electron chi connectivity index (χ0n) is 21.0. The van der Waals surface area contributed by atoms with E-state index in [0.29, 0.717) is 28.0 Å². The van der Waals surface area contributed by atoms with Gasteiger partial charge in [-0.15, -0.1) is 0 Å². The number of nitrogens with one attached hydrogen (secondary N) is 3. The quantitative estimate of drug-likeness (QED) is 0.316. The molecule has 0 fully saturated rings. The molecule has 0 aliphatic carbocycles. The summed E-state index contributed by atoms with van der Waals surface area (Å²) in [6, 6.07) is 7.04. The van der Waals surface area contributed by atoms with Crippen molar-refractivity contribution in [2.45, 2.75) is 33.2 Å². The number of anilines is 3. The minimum absolute atomic E-state index is 0.0489. The van der Waals surface area contributed by atoms with Gasteiger partial charge in [-0.1, -0.05) is 11.6 Å². The van der Waals surface area contributed by atoms with Crippen LogP contribution in [0.2, 0.25) is 5.02 Å². The lowest BCUT2D eigenvalue weighted by molar-refractivity contribution is 0.262. The number of aromatic nitrogens is 3. The predicted molar refractivity (Wildman–Crippen MR) is 144 cm³/mol. The fourth-order valence-electron chi connectivity index (χ4n) is 4.19. The summed E-state index contributed by atoms with van der Waals surface area (Å²) >= 11 is 6.35. The molecule has 0 saturated heterocycles. The van der Waals surface area contributed by atoms with Gasteiger partial charge in [-0.2, -0.15) is 0 Å². The summed E-state index contributed by atoms with van der Waals surface area (Å²) in [4.78, 5) is 30.2. The van der Waals surface area contributed by atoms with E-state index >= 15 is 0 Å². The van der Waals surface area contributed by atoms with E-state index in [1.807, 2.05) is 17.7 Å². The van der Waals surface area contributed by atoms with Crippen molar-refractivity contribution < 1.29 is 9.18 Å². The van der Waals surface area contributed by atoms with Crippen molar-refractivity contribution in [3.05, 3.63) is 69.6 Å². The molecule has 0 spiro atoms. The van der Waals surface area contributed by atoms with Crippen molar-refractivity contribution in [2.24, 2.45) is 7.05 Å². The maximum absolute atomic E-state index is 14.8. The van der Waals surface area contributed by atoms with Crippen LogP contribution in [0.5, 0.6) is 0 Å². The Bertz CT molecular complexity index is 1550. The topological polar surface area (TPSA) is 93.0 Å². The first-order valence-corrected chi connectivity index (χ1v) is 11.7. The zero-order chi connectivity index (χ0) is 26.4. The molecule has 0 aliphatic heterocycles. The Morgan fingerprint density at radius 3 is 2.42 bits per heavy atom. The van der Waals surface area contributed by atoms with Gasteiger partial charge in [-0.25, -0.2) is 14.2 Å². The Morgan fingerprint density at radius 2 is 1.78 bits per heavy atom. The number of nitrogens with zero attached hydrogens (tertiary/aromatic N) is 3. The number of aryl methyl sites for hydroxylation is 1. The van der Waals surface area contributed by atoms with E-state index in [1.54, 1.807) is 38.5 Å². The Labute approximate surface area is 213 Å². The van der Waals surface area contributed by atoms with Gasteiger partial charge in [0.15, 0.2) is 0 Å². The molecule has 3 aromatic heterocycles. The van der Waals surface area contributed by atoms with Crippen LogP contribution >= 0.6 is 11.6 Å². The van der Waals surface area contributed by atoms with E-state index in [2.05, 4.69) is 41.7 Å². The van der Waals surface area contributed by atoms with Crippen molar-refractivity contribution in [3.8, 4) is 11.1 Å². The van der Waals surface area contributed by atoms with Crippen LogP contribution in [0.1, 0.15) is 26.5 Å². The van der Waals surface area contributed by atoms with Crippen LogP contribution in [0.4, 0.5) is 26.4 Å². The highest BCUT2D eigenvalue weighted by atomic mass is 35.5. The van der Waals surface area contributed by atoms with E-state index < -0.39 is 11.8 Å². The maximum Gasteiger partial charge on any atom is 0.323 e. The van der Waals surface area contributed by atoms with Gasteiger partial charge in [0.2, 0.25) is 0 Å². The number of hydrogen-bond donors (Lipinski definition) is 3. The average Bonchev–Trinajstić information content (AvgIpc) is 3.18. The molecule has 188 valence electrons. The minimum Gasteiger partial charge on any atom is -0.373 e. The number of fused-ring (bicyclic) bond motifs is 1. The summed E-state index contributed by atoms with van der Waals surface area (Å²) in [5.41, 5.74) is 2.12. The average molecular weight is 511 g/mol. The van der Waals surface area contributed by atoms with Gasteiger partial charge in [-0.3, -0.25) is 4.79 Å². The molecule has 0 bridgehead atoms. The predicted octanol–water partition coefficient (Wildman–Crippen LogP) is 5.94. The number of amides is 2. The molecule has 2 amide bonds. The van der Waals surface area contributed by atoms with Crippen LogP contribution in [-0.4, -0.2) is 27.2 Å². The van der Waals surface area contributed by atoms with Gasteiger partial charge in [0.1, 0.15) is 11.6 Å². The highest BCUT2D eigenvalue weighted by molar-refractivity contribution is 6.33. The van der Waals surface area contributed by atoms with Crippen molar-refractivity contribution >= 4 is 45.7 Å². The van der Waals surface area contributed by atoms with Crippen LogP contribution in [0.15, 0.2) is 47.5 Å². The van der Waals surface area contributed by atoms with Crippen LogP contribution in [0.25, 0.3) is 22.0 Å². The third kappa shape index (κ3) is 4.66. The molecule has 10 heteroatoms. The molecule has 4 aromatic rings. The van der Waals surface area contributed by atoms with E-state index in [1.165, 1.54) is 10.6 Å². The van der Waals surface area contributed by atoms with Crippen molar-refractivity contribution in [1.82, 2.24) is 14.1 Å². The lowest BCUT2D eigenvalue weighted by Crippen LogP contribution is -2.24. The van der Waals surface area contributed by atoms with Gasteiger partial charge < -0.3 is 25.1 Å². The number of rotatable bonds is 4. The molecule has 0 saturated carbocycles. The second-order valence-corrected chi connectivity index (χ2v) is 9.95. The Hall–Kier alpha value is -3.85.